The molecule has 6 aromatic carbocycles. The van der Waals surface area contributed by atoms with Crippen molar-refractivity contribution in [3.8, 4) is 44.7 Å². The number of aromatic nitrogens is 4. The van der Waals surface area contributed by atoms with Gasteiger partial charge in [-0.05, 0) is 35.0 Å². The van der Waals surface area contributed by atoms with E-state index in [1.165, 1.54) is 10.8 Å². The van der Waals surface area contributed by atoms with Crippen LogP contribution in [-0.2, 0) is 0 Å². The number of nitrogens with zero attached hydrogens (tertiary/aromatic N) is 4. The fourth-order valence-corrected chi connectivity index (χ4v) is 6.81. The van der Waals surface area contributed by atoms with E-state index in [4.69, 9.17) is 24.4 Å². The molecular formula is C38H22N4OS. The maximum Gasteiger partial charge on any atom is 0.164 e. The molecule has 0 radical (unpaired) electrons. The number of hydrogen-bond acceptors (Lipinski definition) is 6. The van der Waals surface area contributed by atoms with Crippen LogP contribution in [0.1, 0.15) is 0 Å². The second-order valence-electron chi connectivity index (χ2n) is 10.7. The molecule has 3 heterocycles. The summed E-state index contributed by atoms with van der Waals surface area (Å²) in [5.74, 6) is 1.89. The molecule has 0 spiro atoms. The van der Waals surface area contributed by atoms with Crippen molar-refractivity contribution in [3.05, 3.63) is 133 Å². The van der Waals surface area contributed by atoms with Gasteiger partial charge >= 0.3 is 0 Å². The number of furan rings is 1. The molecule has 0 atom stereocenters. The van der Waals surface area contributed by atoms with E-state index < -0.39 is 0 Å². The van der Waals surface area contributed by atoms with Gasteiger partial charge in [-0.1, -0.05) is 109 Å². The Kier molecular flexibility index (Phi) is 5.61. The summed E-state index contributed by atoms with van der Waals surface area (Å²) in [5, 5.41) is 5.52. The van der Waals surface area contributed by atoms with Crippen LogP contribution in [0.3, 0.4) is 0 Å². The lowest BCUT2D eigenvalue weighted by atomic mass is 10.0. The van der Waals surface area contributed by atoms with E-state index in [2.05, 4.69) is 60.7 Å². The first-order valence-electron chi connectivity index (χ1n) is 14.4. The normalized spacial score (nSPS) is 11.6. The number of hydrogen-bond donors (Lipinski definition) is 0. The van der Waals surface area contributed by atoms with Crippen LogP contribution < -0.4 is 0 Å². The smallest absolute Gasteiger partial charge is 0.164 e. The van der Waals surface area contributed by atoms with Gasteiger partial charge in [0.2, 0.25) is 0 Å². The van der Waals surface area contributed by atoms with Crippen LogP contribution in [0.2, 0.25) is 0 Å². The summed E-state index contributed by atoms with van der Waals surface area (Å²) in [6, 6.07) is 45.2. The molecule has 0 fully saturated rings. The molecule has 206 valence electrons. The van der Waals surface area contributed by atoms with Crippen molar-refractivity contribution in [1.29, 1.82) is 0 Å². The Labute approximate surface area is 256 Å². The summed E-state index contributed by atoms with van der Waals surface area (Å²) in [7, 11) is 0. The zero-order valence-corrected chi connectivity index (χ0v) is 24.1. The Morgan fingerprint density at radius 3 is 1.86 bits per heavy atom. The zero-order valence-electron chi connectivity index (χ0n) is 23.3. The van der Waals surface area contributed by atoms with Gasteiger partial charge in [-0.2, -0.15) is 0 Å². The zero-order chi connectivity index (χ0) is 29.0. The van der Waals surface area contributed by atoms with E-state index in [0.717, 1.165) is 59.4 Å². The molecule has 0 saturated heterocycles. The molecule has 0 saturated carbocycles. The predicted octanol–water partition coefficient (Wildman–Crippen LogP) is 10.2. The Morgan fingerprint density at radius 1 is 0.477 bits per heavy atom. The highest BCUT2D eigenvalue weighted by atomic mass is 32.1. The van der Waals surface area contributed by atoms with Gasteiger partial charge in [0.1, 0.15) is 16.1 Å². The lowest BCUT2D eigenvalue weighted by Gasteiger charge is -2.09. The highest BCUT2D eigenvalue weighted by Gasteiger charge is 2.18. The minimum absolute atomic E-state index is 0.618. The number of fused-ring (bicyclic) bond motifs is 7. The molecule has 9 aromatic rings. The quantitative estimate of drug-likeness (QED) is 0.207. The monoisotopic (exact) mass is 582 g/mol. The van der Waals surface area contributed by atoms with E-state index in [0.29, 0.717) is 17.5 Å². The van der Waals surface area contributed by atoms with Crippen LogP contribution >= 0.6 is 11.3 Å². The van der Waals surface area contributed by atoms with E-state index in [1.807, 2.05) is 72.8 Å². The minimum atomic E-state index is 0.618. The van der Waals surface area contributed by atoms with Gasteiger partial charge in [0.25, 0.3) is 0 Å². The summed E-state index contributed by atoms with van der Waals surface area (Å²) >= 11 is 1.66. The average molecular weight is 583 g/mol. The molecule has 0 bridgehead atoms. The molecule has 44 heavy (non-hydrogen) atoms. The van der Waals surface area contributed by atoms with Crippen molar-refractivity contribution >= 4 is 54.3 Å². The first-order chi connectivity index (χ1) is 21.8. The average Bonchev–Trinajstić information content (AvgIpc) is 3.71. The molecule has 5 nitrogen and oxygen atoms in total. The van der Waals surface area contributed by atoms with Gasteiger partial charge in [-0.15, -0.1) is 11.3 Å². The van der Waals surface area contributed by atoms with Crippen LogP contribution in [0.15, 0.2) is 138 Å². The van der Waals surface area contributed by atoms with E-state index in [9.17, 15) is 0 Å². The third-order valence-electron chi connectivity index (χ3n) is 7.95. The van der Waals surface area contributed by atoms with Crippen molar-refractivity contribution < 1.29 is 4.42 Å². The summed E-state index contributed by atoms with van der Waals surface area (Å²) in [5.41, 5.74) is 6.37. The Bertz CT molecular complexity index is 2440. The molecule has 6 heteroatoms. The Hall–Kier alpha value is -5.72. The highest BCUT2D eigenvalue weighted by Crippen LogP contribution is 2.41. The summed E-state index contributed by atoms with van der Waals surface area (Å²) in [6.45, 7) is 0. The molecule has 3 aromatic heterocycles. The maximum absolute atomic E-state index is 6.44. The first-order valence-corrected chi connectivity index (χ1v) is 15.2. The van der Waals surface area contributed by atoms with Crippen LogP contribution in [0.4, 0.5) is 0 Å². The Balaban J connectivity index is 1.18. The van der Waals surface area contributed by atoms with E-state index in [1.54, 1.807) is 11.3 Å². The van der Waals surface area contributed by atoms with Crippen LogP contribution in [0, 0.1) is 0 Å². The second-order valence-corrected chi connectivity index (χ2v) is 11.7. The van der Waals surface area contributed by atoms with Gasteiger partial charge in [0.15, 0.2) is 23.1 Å². The summed E-state index contributed by atoms with van der Waals surface area (Å²) < 4.78 is 7.53. The lowest BCUT2D eigenvalue weighted by Crippen LogP contribution is -2.00. The molecular weight excluding hydrogens is 561 g/mol. The van der Waals surface area contributed by atoms with Gasteiger partial charge in [-0.25, -0.2) is 19.9 Å². The van der Waals surface area contributed by atoms with Crippen LogP contribution in [0.25, 0.3) is 87.7 Å². The standard InChI is InChI=1S/C38H22N4OS/c1-3-11-24(12-4-1)35-40-36(25-13-5-2-6-14-25)42-37(41-35)26-15-9-16-27(22-26)38-39-33-31(44-38)21-19-29-32-28-17-8-7-10-23(28)18-20-30(32)43-34(29)33/h1-22H. The van der Waals surface area contributed by atoms with E-state index in [-0.39, 0.29) is 0 Å². The van der Waals surface area contributed by atoms with Crippen molar-refractivity contribution in [2.24, 2.45) is 0 Å². The van der Waals surface area contributed by atoms with Crippen LogP contribution in [-0.4, -0.2) is 19.9 Å². The van der Waals surface area contributed by atoms with Crippen molar-refractivity contribution in [1.82, 2.24) is 19.9 Å². The van der Waals surface area contributed by atoms with Crippen LogP contribution in [0.5, 0.6) is 0 Å². The molecule has 0 aliphatic rings. The SMILES string of the molecule is c1ccc(-c2nc(-c3ccccc3)nc(-c3cccc(-c4nc5c(ccc6c5oc5ccc7ccccc7c56)s4)c3)n2)cc1. The van der Waals surface area contributed by atoms with E-state index >= 15 is 0 Å². The molecule has 0 amide bonds. The molecule has 0 aliphatic carbocycles. The highest BCUT2D eigenvalue weighted by molar-refractivity contribution is 7.21. The molecule has 0 N–H and O–H groups in total. The predicted molar refractivity (Wildman–Crippen MR) is 180 cm³/mol. The number of thiazole rings is 1. The number of rotatable bonds is 4. The first kappa shape index (κ1) is 24.8. The van der Waals surface area contributed by atoms with Gasteiger partial charge in [0, 0.05) is 33.0 Å². The van der Waals surface area contributed by atoms with Gasteiger partial charge in [-0.3, -0.25) is 0 Å². The largest absolute Gasteiger partial charge is 0.454 e. The third kappa shape index (κ3) is 4.07. The second kappa shape index (κ2) is 9.93. The summed E-state index contributed by atoms with van der Waals surface area (Å²) in [4.78, 5) is 19.8. The van der Waals surface area contributed by atoms with Crippen molar-refractivity contribution in [2.45, 2.75) is 0 Å². The lowest BCUT2D eigenvalue weighted by molar-refractivity contribution is 0.672. The van der Waals surface area contributed by atoms with Gasteiger partial charge < -0.3 is 4.42 Å². The number of benzene rings is 6. The topological polar surface area (TPSA) is 64.7 Å². The van der Waals surface area contributed by atoms with Crippen molar-refractivity contribution in [3.63, 3.8) is 0 Å². The summed E-state index contributed by atoms with van der Waals surface area (Å²) in [6.07, 6.45) is 0. The minimum Gasteiger partial charge on any atom is -0.454 e. The van der Waals surface area contributed by atoms with Gasteiger partial charge in [0.05, 0.1) is 4.70 Å². The third-order valence-corrected chi connectivity index (χ3v) is 9.02. The van der Waals surface area contributed by atoms with Crippen molar-refractivity contribution in [2.75, 3.05) is 0 Å². The molecule has 0 aliphatic heterocycles. The Morgan fingerprint density at radius 2 is 1.11 bits per heavy atom. The fourth-order valence-electron chi connectivity index (χ4n) is 5.85. The maximum atomic E-state index is 6.44. The molecule has 9 rings (SSSR count). The fraction of sp³-hybridized carbons (Fsp3) is 0. The molecule has 0 unspecified atom stereocenters.